The number of rotatable bonds is 6. The maximum absolute atomic E-state index is 12.5. The Balaban J connectivity index is 1.59. The van der Waals surface area contributed by atoms with Crippen LogP contribution in [0, 0.1) is 0 Å². The van der Waals surface area contributed by atoms with E-state index in [9.17, 15) is 4.79 Å². The van der Waals surface area contributed by atoms with Gasteiger partial charge in [-0.05, 0) is 24.3 Å². The second-order valence-electron chi connectivity index (χ2n) is 6.12. The number of aromatic nitrogens is 4. The number of ether oxygens (including phenoxy) is 2. The molecule has 0 radical (unpaired) electrons. The molecule has 0 N–H and O–H groups in total. The van der Waals surface area contributed by atoms with Crippen molar-refractivity contribution in [3.63, 3.8) is 0 Å². The van der Waals surface area contributed by atoms with Crippen LogP contribution in [0.5, 0.6) is 11.5 Å². The van der Waals surface area contributed by atoms with Gasteiger partial charge in [-0.3, -0.25) is 9.36 Å². The lowest BCUT2D eigenvalue weighted by molar-refractivity contribution is 0.355. The number of hydrogen-bond donors (Lipinski definition) is 0. The quantitative estimate of drug-likeness (QED) is 0.353. The zero-order chi connectivity index (χ0) is 20.4. The summed E-state index contributed by atoms with van der Waals surface area (Å²) in [6.07, 6.45) is 0. The predicted octanol–water partition coefficient (Wildman–Crippen LogP) is 3.29. The highest BCUT2D eigenvalue weighted by Crippen LogP contribution is 2.36. The molecule has 0 fully saturated rings. The highest BCUT2D eigenvalue weighted by molar-refractivity contribution is 7.98. The van der Waals surface area contributed by atoms with E-state index in [0.29, 0.717) is 50.6 Å². The van der Waals surface area contributed by atoms with Crippen LogP contribution in [0.3, 0.4) is 0 Å². The molecule has 148 valence electrons. The molecule has 4 aromatic rings. The molecule has 4 rings (SSSR count). The number of para-hydroxylation sites is 2. The van der Waals surface area contributed by atoms with Crippen molar-refractivity contribution in [3.8, 4) is 22.9 Å². The van der Waals surface area contributed by atoms with Gasteiger partial charge in [0.2, 0.25) is 11.7 Å². The number of methoxy groups -OCH3 is 2. The van der Waals surface area contributed by atoms with Crippen LogP contribution in [0.4, 0.5) is 0 Å². The van der Waals surface area contributed by atoms with Gasteiger partial charge >= 0.3 is 0 Å². The van der Waals surface area contributed by atoms with Crippen LogP contribution >= 0.6 is 11.8 Å². The van der Waals surface area contributed by atoms with E-state index < -0.39 is 0 Å². The largest absolute Gasteiger partial charge is 0.493 e. The maximum Gasteiger partial charge on any atom is 0.261 e. The summed E-state index contributed by atoms with van der Waals surface area (Å²) in [7, 11) is 4.83. The molecule has 2 aromatic heterocycles. The van der Waals surface area contributed by atoms with Gasteiger partial charge in [-0.25, -0.2) is 4.98 Å². The van der Waals surface area contributed by atoms with Crippen LogP contribution in [0.25, 0.3) is 22.3 Å². The minimum Gasteiger partial charge on any atom is -0.493 e. The first-order valence-electron chi connectivity index (χ1n) is 8.75. The Morgan fingerprint density at radius 2 is 1.90 bits per heavy atom. The Kier molecular flexibility index (Phi) is 5.22. The summed E-state index contributed by atoms with van der Waals surface area (Å²) >= 11 is 1.35. The smallest absolute Gasteiger partial charge is 0.261 e. The topological polar surface area (TPSA) is 92.3 Å². The van der Waals surface area contributed by atoms with Gasteiger partial charge in [0.25, 0.3) is 5.56 Å². The molecule has 0 aliphatic carbocycles. The molecule has 8 nitrogen and oxygen atoms in total. The Morgan fingerprint density at radius 3 is 2.69 bits per heavy atom. The van der Waals surface area contributed by atoms with Gasteiger partial charge in [-0.1, -0.05) is 35.1 Å². The molecule has 29 heavy (non-hydrogen) atoms. The molecule has 0 saturated carbocycles. The zero-order valence-electron chi connectivity index (χ0n) is 16.1. The van der Waals surface area contributed by atoms with E-state index in [-0.39, 0.29) is 5.56 Å². The van der Waals surface area contributed by atoms with Crippen molar-refractivity contribution >= 4 is 22.7 Å². The first-order chi connectivity index (χ1) is 14.1. The second-order valence-corrected chi connectivity index (χ2v) is 7.06. The Labute approximate surface area is 170 Å². The molecule has 0 aliphatic rings. The van der Waals surface area contributed by atoms with Crippen molar-refractivity contribution in [2.45, 2.75) is 10.9 Å². The van der Waals surface area contributed by atoms with Crippen molar-refractivity contribution in [2.24, 2.45) is 7.05 Å². The third-order valence-corrected chi connectivity index (χ3v) is 5.39. The lowest BCUT2D eigenvalue weighted by Gasteiger charge is -2.09. The minimum absolute atomic E-state index is 0.0922. The lowest BCUT2D eigenvalue weighted by Crippen LogP contribution is -2.19. The summed E-state index contributed by atoms with van der Waals surface area (Å²) in [4.78, 5) is 21.5. The first-order valence-corrected chi connectivity index (χ1v) is 9.73. The van der Waals surface area contributed by atoms with E-state index in [1.54, 1.807) is 33.4 Å². The van der Waals surface area contributed by atoms with Crippen LogP contribution < -0.4 is 15.0 Å². The molecule has 0 aliphatic heterocycles. The van der Waals surface area contributed by atoms with E-state index >= 15 is 0 Å². The molecule has 0 amide bonds. The van der Waals surface area contributed by atoms with Crippen LogP contribution in [0.1, 0.15) is 5.89 Å². The van der Waals surface area contributed by atoms with E-state index in [0.717, 1.165) is 0 Å². The normalized spacial score (nSPS) is 11.0. The maximum atomic E-state index is 12.5. The standard InChI is InChI=1S/C20H18N4O4S/c1-24-19(25)12-7-4-5-9-14(12)21-20(24)29-11-16-22-18(23-28-16)13-8-6-10-15(26-2)17(13)27-3/h4-10H,11H2,1-3H3. The van der Waals surface area contributed by atoms with Crippen molar-refractivity contribution in [1.29, 1.82) is 0 Å². The Bertz CT molecular complexity index is 1230. The average Bonchev–Trinajstić information content (AvgIpc) is 3.23. The van der Waals surface area contributed by atoms with Crippen LogP contribution in [-0.2, 0) is 12.8 Å². The predicted molar refractivity (Wildman–Crippen MR) is 109 cm³/mol. The fraction of sp³-hybridized carbons (Fsp3) is 0.200. The fourth-order valence-electron chi connectivity index (χ4n) is 2.94. The zero-order valence-corrected chi connectivity index (χ0v) is 16.9. The fourth-order valence-corrected chi connectivity index (χ4v) is 3.75. The highest BCUT2D eigenvalue weighted by Gasteiger charge is 2.17. The average molecular weight is 410 g/mol. The molecule has 0 spiro atoms. The minimum atomic E-state index is -0.0922. The third-order valence-electron chi connectivity index (χ3n) is 4.38. The van der Waals surface area contributed by atoms with E-state index in [4.69, 9.17) is 14.0 Å². The van der Waals surface area contributed by atoms with E-state index in [1.165, 1.54) is 16.3 Å². The van der Waals surface area contributed by atoms with Gasteiger partial charge in [-0.15, -0.1) is 0 Å². The van der Waals surface area contributed by atoms with Crippen molar-refractivity contribution in [1.82, 2.24) is 19.7 Å². The number of fused-ring (bicyclic) bond motifs is 1. The van der Waals surface area contributed by atoms with Gasteiger partial charge in [0.1, 0.15) is 0 Å². The van der Waals surface area contributed by atoms with Gasteiger partial charge in [0.15, 0.2) is 16.7 Å². The van der Waals surface area contributed by atoms with E-state index in [2.05, 4.69) is 15.1 Å². The summed E-state index contributed by atoms with van der Waals surface area (Å²) in [5.74, 6) is 2.31. The molecule has 0 bridgehead atoms. The molecular formula is C20H18N4O4S. The monoisotopic (exact) mass is 410 g/mol. The SMILES string of the molecule is COc1cccc(-c2noc(CSc3nc4ccccc4c(=O)n3C)n2)c1OC. The lowest BCUT2D eigenvalue weighted by atomic mass is 10.2. The third kappa shape index (κ3) is 3.56. The molecule has 0 saturated heterocycles. The molecule has 0 atom stereocenters. The molecular weight excluding hydrogens is 392 g/mol. The molecule has 2 aromatic carbocycles. The van der Waals surface area contributed by atoms with Gasteiger partial charge < -0.3 is 14.0 Å². The van der Waals surface area contributed by atoms with Crippen LogP contribution in [0.2, 0.25) is 0 Å². The number of thioether (sulfide) groups is 1. The summed E-state index contributed by atoms with van der Waals surface area (Å²) in [5, 5.41) is 5.21. The molecule has 9 heteroatoms. The van der Waals surface area contributed by atoms with Gasteiger partial charge in [0.05, 0.1) is 36.4 Å². The summed E-state index contributed by atoms with van der Waals surface area (Å²) < 4.78 is 17.6. The van der Waals surface area contributed by atoms with Gasteiger partial charge in [-0.2, -0.15) is 4.98 Å². The molecule has 2 heterocycles. The number of benzene rings is 2. The van der Waals surface area contributed by atoms with Crippen molar-refractivity contribution in [3.05, 3.63) is 58.7 Å². The van der Waals surface area contributed by atoms with Crippen LogP contribution in [0.15, 0.2) is 56.9 Å². The highest BCUT2D eigenvalue weighted by atomic mass is 32.2. The second kappa shape index (κ2) is 7.96. The van der Waals surface area contributed by atoms with E-state index in [1.807, 2.05) is 30.3 Å². The first kappa shape index (κ1) is 19.0. The molecule has 0 unspecified atom stereocenters. The van der Waals surface area contributed by atoms with Crippen LogP contribution in [-0.4, -0.2) is 33.9 Å². The Morgan fingerprint density at radius 1 is 1.07 bits per heavy atom. The summed E-state index contributed by atoms with van der Waals surface area (Å²) in [6.45, 7) is 0. The number of hydrogen-bond acceptors (Lipinski definition) is 8. The summed E-state index contributed by atoms with van der Waals surface area (Å²) in [5.41, 5.74) is 1.24. The number of nitrogens with zero attached hydrogens (tertiary/aromatic N) is 4. The Hall–Kier alpha value is -3.33. The van der Waals surface area contributed by atoms with Crippen molar-refractivity contribution in [2.75, 3.05) is 14.2 Å². The van der Waals surface area contributed by atoms with Gasteiger partial charge in [0, 0.05) is 7.05 Å². The van der Waals surface area contributed by atoms with Crippen molar-refractivity contribution < 1.29 is 14.0 Å². The summed E-state index contributed by atoms with van der Waals surface area (Å²) in [6, 6.07) is 12.7.